The van der Waals surface area contributed by atoms with Crippen molar-refractivity contribution < 1.29 is 28.6 Å². The van der Waals surface area contributed by atoms with Gasteiger partial charge in [-0.2, -0.15) is 0 Å². The minimum absolute atomic E-state index is 0.0639. The molecule has 0 radical (unpaired) electrons. The molecule has 0 aromatic rings. The molecule has 6 heteroatoms. The molecule has 60 heavy (non-hydrogen) atoms. The smallest absolute Gasteiger partial charge is 0.306 e. The van der Waals surface area contributed by atoms with Gasteiger partial charge in [0.15, 0.2) is 6.10 Å². The molecule has 0 spiro atoms. The van der Waals surface area contributed by atoms with Crippen LogP contribution < -0.4 is 0 Å². The average Bonchev–Trinajstić information content (AvgIpc) is 3.22. The molecule has 0 unspecified atom stereocenters. The van der Waals surface area contributed by atoms with Crippen molar-refractivity contribution in [3.05, 3.63) is 0 Å². The largest absolute Gasteiger partial charge is 0.462 e. The molecule has 0 saturated heterocycles. The van der Waals surface area contributed by atoms with E-state index < -0.39 is 6.10 Å². The van der Waals surface area contributed by atoms with Crippen LogP contribution in [-0.2, 0) is 28.6 Å². The van der Waals surface area contributed by atoms with Crippen LogP contribution in [0.15, 0.2) is 0 Å². The Labute approximate surface area is 374 Å². The fraction of sp³-hybridized carbons (Fsp3) is 0.944. The summed E-state index contributed by atoms with van der Waals surface area (Å²) in [6.07, 6.45) is 48.1. The molecule has 0 aliphatic rings. The molecule has 0 aliphatic heterocycles. The van der Waals surface area contributed by atoms with Crippen LogP contribution in [-0.4, -0.2) is 37.2 Å². The van der Waals surface area contributed by atoms with Gasteiger partial charge in [0.2, 0.25) is 0 Å². The first-order valence-electron chi connectivity index (χ1n) is 26.7. The van der Waals surface area contributed by atoms with E-state index in [2.05, 4.69) is 34.6 Å². The topological polar surface area (TPSA) is 78.9 Å². The third-order valence-corrected chi connectivity index (χ3v) is 12.2. The molecule has 0 aromatic heterocycles. The van der Waals surface area contributed by atoms with E-state index in [0.29, 0.717) is 19.3 Å². The van der Waals surface area contributed by atoms with Crippen molar-refractivity contribution in [3.63, 3.8) is 0 Å². The number of rotatable bonds is 48. The Morgan fingerprint density at radius 2 is 0.550 bits per heavy atom. The highest BCUT2D eigenvalue weighted by atomic mass is 16.6. The maximum atomic E-state index is 12.8. The molecule has 0 aliphatic carbocycles. The van der Waals surface area contributed by atoms with E-state index in [1.165, 1.54) is 186 Å². The SMILES string of the molecule is CCCCCCCCCCCCCCCCCCCCC(=O)OC[C@@H](COC(=O)CCCCCCCCCCC(C)C)OC(=O)CCCCCCCCCCCCC(C)C. The Bertz CT molecular complexity index is 916. The lowest BCUT2D eigenvalue weighted by atomic mass is 10.0. The minimum atomic E-state index is -0.762. The summed E-state index contributed by atoms with van der Waals surface area (Å²) in [5.74, 6) is 0.764. The van der Waals surface area contributed by atoms with Gasteiger partial charge in [-0.15, -0.1) is 0 Å². The Balaban J connectivity index is 4.27. The maximum absolute atomic E-state index is 12.8. The Morgan fingerprint density at radius 1 is 0.317 bits per heavy atom. The first-order chi connectivity index (χ1) is 29.2. The quantitative estimate of drug-likeness (QED) is 0.0345. The molecule has 0 fully saturated rings. The van der Waals surface area contributed by atoms with Gasteiger partial charge < -0.3 is 14.2 Å². The summed E-state index contributed by atoms with van der Waals surface area (Å²) >= 11 is 0. The normalized spacial score (nSPS) is 12.1. The van der Waals surface area contributed by atoms with Crippen molar-refractivity contribution >= 4 is 17.9 Å². The summed E-state index contributed by atoms with van der Waals surface area (Å²) in [5, 5.41) is 0. The van der Waals surface area contributed by atoms with Crippen molar-refractivity contribution in [1.82, 2.24) is 0 Å². The molecule has 0 aromatic carbocycles. The minimum Gasteiger partial charge on any atom is -0.462 e. The molecule has 0 heterocycles. The highest BCUT2D eigenvalue weighted by Crippen LogP contribution is 2.17. The van der Waals surface area contributed by atoms with Crippen molar-refractivity contribution in [3.8, 4) is 0 Å². The molecule has 1 atom stereocenters. The highest BCUT2D eigenvalue weighted by molar-refractivity contribution is 5.71. The monoisotopic (exact) mass is 849 g/mol. The summed E-state index contributed by atoms with van der Waals surface area (Å²) < 4.78 is 16.8. The van der Waals surface area contributed by atoms with E-state index in [0.717, 1.165) is 69.6 Å². The maximum Gasteiger partial charge on any atom is 0.306 e. The Hall–Kier alpha value is -1.59. The van der Waals surface area contributed by atoms with Crippen molar-refractivity contribution in [1.29, 1.82) is 0 Å². The van der Waals surface area contributed by atoms with Crippen molar-refractivity contribution in [2.24, 2.45) is 11.8 Å². The third-order valence-electron chi connectivity index (χ3n) is 12.2. The van der Waals surface area contributed by atoms with Crippen molar-refractivity contribution in [2.75, 3.05) is 13.2 Å². The fourth-order valence-corrected chi connectivity index (χ4v) is 8.17. The van der Waals surface area contributed by atoms with Gasteiger partial charge >= 0.3 is 17.9 Å². The summed E-state index contributed by atoms with van der Waals surface area (Å²) in [6.45, 7) is 11.3. The number of hydrogen-bond acceptors (Lipinski definition) is 6. The predicted octanol–water partition coefficient (Wildman–Crippen LogP) is 17.3. The van der Waals surface area contributed by atoms with Gasteiger partial charge in [0, 0.05) is 19.3 Å². The van der Waals surface area contributed by atoms with Crippen LogP contribution in [0, 0.1) is 11.8 Å². The predicted molar refractivity (Wildman–Crippen MR) is 256 cm³/mol. The average molecular weight is 849 g/mol. The summed E-state index contributed by atoms with van der Waals surface area (Å²) in [5.41, 5.74) is 0. The van der Waals surface area contributed by atoms with E-state index in [1.807, 2.05) is 0 Å². The molecule has 0 N–H and O–H groups in total. The number of hydrogen-bond donors (Lipinski definition) is 0. The second-order valence-electron chi connectivity index (χ2n) is 19.5. The first kappa shape index (κ1) is 58.4. The second kappa shape index (κ2) is 46.9. The van der Waals surface area contributed by atoms with Crippen LogP contribution in [0.3, 0.4) is 0 Å². The first-order valence-corrected chi connectivity index (χ1v) is 26.7. The number of esters is 3. The standard InChI is InChI=1S/C54H104O6/c1-6-7-8-9-10-11-12-13-14-15-16-17-18-19-23-29-34-39-44-52(55)58-47-51(48-59-53(56)45-40-35-30-26-25-28-33-38-43-50(4)5)60-54(57)46-41-36-31-24-21-20-22-27-32-37-42-49(2)3/h49-51H,6-48H2,1-5H3/t51-/m0/s1. The molecule has 356 valence electrons. The van der Waals surface area contributed by atoms with Crippen LogP contribution in [0.5, 0.6) is 0 Å². The molecular formula is C54H104O6. The third kappa shape index (κ3) is 47.5. The number of ether oxygens (including phenoxy) is 3. The van der Waals surface area contributed by atoms with Crippen LogP contribution >= 0.6 is 0 Å². The second-order valence-corrected chi connectivity index (χ2v) is 19.5. The molecule has 0 rings (SSSR count). The summed E-state index contributed by atoms with van der Waals surface area (Å²) in [7, 11) is 0. The van der Waals surface area contributed by atoms with Crippen molar-refractivity contribution in [2.45, 2.75) is 304 Å². The number of carbonyl (C=O) groups excluding carboxylic acids is 3. The Morgan fingerprint density at radius 3 is 0.817 bits per heavy atom. The van der Waals surface area contributed by atoms with Gasteiger partial charge in [-0.25, -0.2) is 0 Å². The number of carbonyl (C=O) groups is 3. The van der Waals surface area contributed by atoms with Gasteiger partial charge in [0.05, 0.1) is 0 Å². The highest BCUT2D eigenvalue weighted by Gasteiger charge is 2.19. The number of unbranched alkanes of at least 4 members (excludes halogenated alkanes) is 33. The molecule has 6 nitrogen and oxygen atoms in total. The van der Waals surface area contributed by atoms with E-state index >= 15 is 0 Å². The summed E-state index contributed by atoms with van der Waals surface area (Å²) in [6, 6.07) is 0. The van der Waals surface area contributed by atoms with Gasteiger partial charge in [0.25, 0.3) is 0 Å². The van der Waals surface area contributed by atoms with E-state index in [1.54, 1.807) is 0 Å². The van der Waals surface area contributed by atoms with Gasteiger partial charge in [-0.1, -0.05) is 259 Å². The Kier molecular flexibility index (Phi) is 45.7. The lowest BCUT2D eigenvalue weighted by Crippen LogP contribution is -2.30. The molecular weight excluding hydrogens is 745 g/mol. The van der Waals surface area contributed by atoms with E-state index in [4.69, 9.17) is 14.2 Å². The van der Waals surface area contributed by atoms with Gasteiger partial charge in [0.1, 0.15) is 13.2 Å². The van der Waals surface area contributed by atoms with Gasteiger partial charge in [-0.05, 0) is 31.1 Å². The zero-order chi connectivity index (χ0) is 44.0. The molecule has 0 saturated carbocycles. The summed E-state index contributed by atoms with van der Waals surface area (Å²) in [4.78, 5) is 38.0. The fourth-order valence-electron chi connectivity index (χ4n) is 8.17. The van der Waals surface area contributed by atoms with E-state index in [-0.39, 0.29) is 31.1 Å². The van der Waals surface area contributed by atoms with Gasteiger partial charge in [-0.3, -0.25) is 14.4 Å². The zero-order valence-electron chi connectivity index (χ0n) is 41.1. The lowest BCUT2D eigenvalue weighted by molar-refractivity contribution is -0.167. The molecule has 0 bridgehead atoms. The van der Waals surface area contributed by atoms with Crippen LogP contribution in [0.4, 0.5) is 0 Å². The zero-order valence-corrected chi connectivity index (χ0v) is 41.1. The van der Waals surface area contributed by atoms with E-state index in [9.17, 15) is 14.4 Å². The lowest BCUT2D eigenvalue weighted by Gasteiger charge is -2.18. The van der Waals surface area contributed by atoms with Crippen LogP contribution in [0.25, 0.3) is 0 Å². The van der Waals surface area contributed by atoms with Crippen LogP contribution in [0.1, 0.15) is 298 Å². The molecule has 0 amide bonds. The van der Waals surface area contributed by atoms with Crippen LogP contribution in [0.2, 0.25) is 0 Å².